The Balaban J connectivity index is 0.000000291. The van der Waals surface area contributed by atoms with Crippen molar-refractivity contribution in [2.75, 3.05) is 37.9 Å². The van der Waals surface area contributed by atoms with E-state index in [-0.39, 0.29) is 23.5 Å². The highest BCUT2D eigenvalue weighted by atomic mass is 32.1. The highest BCUT2D eigenvalue weighted by Gasteiger charge is 2.31. The molecule has 3 aromatic carbocycles. The molecule has 48 heavy (non-hydrogen) atoms. The summed E-state index contributed by atoms with van der Waals surface area (Å²) in [5.74, 6) is -3.89. The van der Waals surface area contributed by atoms with Gasteiger partial charge in [-0.05, 0) is 18.2 Å². The molecule has 0 radical (unpaired) electrons. The number of carboxylic acids is 1. The zero-order valence-electron chi connectivity index (χ0n) is 24.9. The van der Waals surface area contributed by atoms with Crippen LogP contribution in [0, 0.1) is 21.7 Å². The molecule has 254 valence electrons. The van der Waals surface area contributed by atoms with E-state index >= 15 is 0 Å². The fourth-order valence-corrected chi connectivity index (χ4v) is 5.08. The number of nitro groups is 1. The fraction of sp³-hybridized carbons (Fsp3) is 0.214. The number of rotatable bonds is 10. The molecule has 5 rings (SSSR count). The summed E-state index contributed by atoms with van der Waals surface area (Å²) in [6, 6.07) is 7.84. The molecule has 2 heterocycles. The molecule has 0 spiro atoms. The summed E-state index contributed by atoms with van der Waals surface area (Å²) >= 11 is 1.10. The van der Waals surface area contributed by atoms with Crippen molar-refractivity contribution in [1.29, 1.82) is 0 Å². The Morgan fingerprint density at radius 3 is 2.40 bits per heavy atom. The molecule has 20 heteroatoms. The number of hydrogen-bond donors (Lipinski definition) is 4. The van der Waals surface area contributed by atoms with Crippen LogP contribution in [0.3, 0.4) is 0 Å². The maximum absolute atomic E-state index is 14.5. The number of anilines is 3. The molecule has 0 fully saturated rings. The minimum atomic E-state index is -4.79. The SMILES string of the molecule is CNc1cc(F)c(C(=O)O)cc1[N+](=O)[O-].COCCNC(=O)c1cc2nc(Nc3nc4ccc(OC(F)(F)F)cc4s3)n(C)c2cc1F. The van der Waals surface area contributed by atoms with E-state index in [9.17, 15) is 41.7 Å². The first kappa shape index (κ1) is 35.2. The Morgan fingerprint density at radius 2 is 1.77 bits per heavy atom. The number of carbonyl (C=O) groups excluding carboxylic acids is 1. The number of benzene rings is 3. The molecule has 14 nitrogen and oxygen atoms in total. The molecule has 0 atom stereocenters. The van der Waals surface area contributed by atoms with E-state index in [4.69, 9.17) is 9.84 Å². The number of aromatic nitrogens is 3. The summed E-state index contributed by atoms with van der Waals surface area (Å²) < 4.78 is 75.8. The maximum Gasteiger partial charge on any atom is 0.573 e. The first-order chi connectivity index (χ1) is 22.6. The van der Waals surface area contributed by atoms with Crippen molar-refractivity contribution in [1.82, 2.24) is 19.9 Å². The number of nitrogens with one attached hydrogen (secondary N) is 3. The topological polar surface area (TPSA) is 183 Å². The van der Waals surface area contributed by atoms with Gasteiger partial charge in [0.15, 0.2) is 5.13 Å². The van der Waals surface area contributed by atoms with Gasteiger partial charge >= 0.3 is 12.3 Å². The van der Waals surface area contributed by atoms with Gasteiger partial charge in [0.25, 0.3) is 11.6 Å². The largest absolute Gasteiger partial charge is 0.573 e. The second-order valence-corrected chi connectivity index (χ2v) is 10.6. The number of nitro benzene ring substituents is 1. The Bertz CT molecular complexity index is 2020. The minimum absolute atomic E-state index is 0.0671. The average molecular weight is 698 g/mol. The van der Waals surface area contributed by atoms with E-state index in [1.165, 1.54) is 44.5 Å². The number of thiazole rings is 1. The van der Waals surface area contributed by atoms with Crippen LogP contribution >= 0.6 is 11.3 Å². The van der Waals surface area contributed by atoms with Gasteiger partial charge in [-0.15, -0.1) is 13.2 Å². The Labute approximate surface area is 270 Å². The number of aromatic carboxylic acids is 1. The number of methoxy groups -OCH3 is 1. The van der Waals surface area contributed by atoms with Gasteiger partial charge in [-0.2, -0.15) is 0 Å². The van der Waals surface area contributed by atoms with Crippen LogP contribution < -0.4 is 20.7 Å². The molecule has 0 unspecified atom stereocenters. The van der Waals surface area contributed by atoms with E-state index < -0.39 is 46.0 Å². The van der Waals surface area contributed by atoms with Crippen molar-refractivity contribution in [3.63, 3.8) is 0 Å². The van der Waals surface area contributed by atoms with E-state index in [0.29, 0.717) is 45.0 Å². The van der Waals surface area contributed by atoms with E-state index in [2.05, 4.69) is 30.7 Å². The number of halogens is 5. The third-order valence-corrected chi connectivity index (χ3v) is 7.33. The number of fused-ring (bicyclic) bond motifs is 2. The number of ether oxygens (including phenoxy) is 2. The second kappa shape index (κ2) is 14.4. The summed E-state index contributed by atoms with van der Waals surface area (Å²) in [5, 5.41) is 27.4. The number of hydrogen-bond acceptors (Lipinski definition) is 11. The van der Waals surface area contributed by atoms with Crippen molar-refractivity contribution in [2.24, 2.45) is 7.05 Å². The highest BCUT2D eigenvalue weighted by Crippen LogP contribution is 2.33. The van der Waals surface area contributed by atoms with Crippen molar-refractivity contribution in [3.05, 3.63) is 75.3 Å². The smallest absolute Gasteiger partial charge is 0.478 e. The van der Waals surface area contributed by atoms with Gasteiger partial charge in [-0.25, -0.2) is 23.5 Å². The minimum Gasteiger partial charge on any atom is -0.478 e. The molecule has 1 amide bonds. The molecule has 0 bridgehead atoms. The molecule has 2 aromatic heterocycles. The van der Waals surface area contributed by atoms with Gasteiger partial charge in [0.1, 0.15) is 28.6 Å². The van der Waals surface area contributed by atoms with Gasteiger partial charge < -0.3 is 35.1 Å². The Hall–Kier alpha value is -5.63. The first-order valence-electron chi connectivity index (χ1n) is 13.4. The van der Waals surface area contributed by atoms with Crippen LogP contribution in [0.25, 0.3) is 21.3 Å². The molecular formula is C28H24F5N7O7S. The summed E-state index contributed by atoms with van der Waals surface area (Å²) in [6.07, 6.45) is -4.79. The lowest BCUT2D eigenvalue weighted by Gasteiger charge is -2.07. The number of alkyl halides is 3. The molecule has 0 aliphatic rings. The van der Waals surface area contributed by atoms with Gasteiger partial charge in [0.2, 0.25) is 5.95 Å². The number of amides is 1. The third kappa shape index (κ3) is 8.20. The molecular weight excluding hydrogens is 673 g/mol. The molecule has 0 saturated carbocycles. The van der Waals surface area contributed by atoms with Gasteiger partial charge in [0.05, 0.1) is 38.3 Å². The summed E-state index contributed by atoms with van der Waals surface area (Å²) in [6.45, 7) is 0.522. The van der Waals surface area contributed by atoms with Crippen LogP contribution in [0.1, 0.15) is 20.7 Å². The Kier molecular flexibility index (Phi) is 10.6. The zero-order valence-corrected chi connectivity index (χ0v) is 25.8. The van der Waals surface area contributed by atoms with Crippen LogP contribution in [0.2, 0.25) is 0 Å². The number of carbonyl (C=O) groups is 2. The summed E-state index contributed by atoms with van der Waals surface area (Å²) in [5.41, 5.74) is -0.137. The van der Waals surface area contributed by atoms with E-state index in [1.54, 1.807) is 11.6 Å². The van der Waals surface area contributed by atoms with Crippen LogP contribution in [0.15, 0.2) is 42.5 Å². The van der Waals surface area contributed by atoms with E-state index in [1.807, 2.05) is 0 Å². The van der Waals surface area contributed by atoms with Crippen molar-refractivity contribution >= 4 is 66.9 Å². The lowest BCUT2D eigenvalue weighted by molar-refractivity contribution is -0.384. The number of carboxylic acid groups (broad SMARTS) is 1. The quantitative estimate of drug-likeness (QED) is 0.0598. The van der Waals surface area contributed by atoms with Crippen LogP contribution in [0.5, 0.6) is 5.75 Å². The predicted molar refractivity (Wildman–Crippen MR) is 164 cm³/mol. The first-order valence-corrected chi connectivity index (χ1v) is 14.2. The van der Waals surface area contributed by atoms with E-state index in [0.717, 1.165) is 17.4 Å². The zero-order chi connectivity index (χ0) is 35.3. The third-order valence-electron chi connectivity index (χ3n) is 6.40. The number of imidazole rings is 1. The van der Waals surface area contributed by atoms with Crippen molar-refractivity contribution < 1.29 is 51.0 Å². The fourth-order valence-electron chi connectivity index (χ4n) is 4.19. The Morgan fingerprint density at radius 1 is 1.06 bits per heavy atom. The highest BCUT2D eigenvalue weighted by molar-refractivity contribution is 7.22. The second-order valence-electron chi connectivity index (χ2n) is 9.55. The van der Waals surface area contributed by atoms with Gasteiger partial charge in [0, 0.05) is 52.0 Å². The molecule has 5 aromatic rings. The van der Waals surface area contributed by atoms with Crippen LogP contribution in [-0.4, -0.2) is 70.1 Å². The van der Waals surface area contributed by atoms with Crippen LogP contribution in [0.4, 0.5) is 44.4 Å². The molecule has 0 aliphatic heterocycles. The normalized spacial score (nSPS) is 11.2. The molecule has 4 N–H and O–H groups in total. The summed E-state index contributed by atoms with van der Waals surface area (Å²) in [4.78, 5) is 41.2. The summed E-state index contributed by atoms with van der Waals surface area (Å²) in [7, 11) is 4.52. The number of nitrogens with zero attached hydrogens (tertiary/aromatic N) is 4. The van der Waals surface area contributed by atoms with Crippen molar-refractivity contribution in [3.8, 4) is 5.75 Å². The lowest BCUT2D eigenvalue weighted by Crippen LogP contribution is -2.27. The monoisotopic (exact) mass is 697 g/mol. The van der Waals surface area contributed by atoms with Gasteiger partial charge in [-0.3, -0.25) is 14.9 Å². The lowest BCUT2D eigenvalue weighted by atomic mass is 10.1. The number of aryl methyl sites for hydroxylation is 1. The van der Waals surface area contributed by atoms with Crippen LogP contribution in [-0.2, 0) is 11.8 Å². The standard InChI is InChI=1S/C20H17F4N5O3S.C8H7FN2O4/c1-29-15-9-12(21)11(17(30)25-5-6-31-2)8-14(15)26-18(29)28-19-27-13-4-3-10(7-16(13)33-19)32-20(22,23)24;1-10-6-3-5(9)4(8(12)13)2-7(6)11(14)15/h3-4,7-9H,5-6H2,1-2H3,(H,25,30)(H,26,27,28);2-3,10H,1H3,(H,12,13). The maximum atomic E-state index is 14.5. The molecule has 0 saturated heterocycles. The molecule has 0 aliphatic carbocycles. The van der Waals surface area contributed by atoms with Gasteiger partial charge in [-0.1, -0.05) is 11.3 Å². The van der Waals surface area contributed by atoms with Crippen molar-refractivity contribution in [2.45, 2.75) is 6.36 Å². The average Bonchev–Trinajstić information content (AvgIpc) is 3.54. The predicted octanol–water partition coefficient (Wildman–Crippen LogP) is 5.81.